The molecule has 0 aromatic heterocycles. The summed E-state index contributed by atoms with van der Waals surface area (Å²) in [6.45, 7) is 0. The summed E-state index contributed by atoms with van der Waals surface area (Å²) in [5, 5.41) is 11.5. The molecule has 0 aliphatic rings. The first-order valence-electron chi connectivity index (χ1n) is 4.17. The molecule has 1 rings (SSSR count). The van der Waals surface area contributed by atoms with Gasteiger partial charge in [0.05, 0.1) is 19.8 Å². The van der Waals surface area contributed by atoms with E-state index in [0.29, 0.717) is 11.1 Å². The fraction of sp³-hybridized carbons (Fsp3) is 0.200. The van der Waals surface area contributed by atoms with E-state index in [1.54, 1.807) is 24.3 Å². The molecule has 1 aromatic carbocycles. The average Bonchev–Trinajstić information content (AvgIpc) is 2.30. The maximum atomic E-state index is 11.1. The van der Waals surface area contributed by atoms with Gasteiger partial charge in [-0.15, -0.1) is 0 Å². The molecule has 0 fully saturated rings. The van der Waals surface area contributed by atoms with Crippen molar-refractivity contribution in [2.45, 2.75) is 0 Å². The van der Waals surface area contributed by atoms with Crippen LogP contribution in [0.5, 0.6) is 0 Å². The Hall–Kier alpha value is -2.04. The molecule has 0 saturated carbocycles. The Morgan fingerprint density at radius 2 is 1.67 bits per heavy atom. The normalized spacial score (nSPS) is 10.9. The summed E-state index contributed by atoms with van der Waals surface area (Å²) in [6.07, 6.45) is 0. The monoisotopic (exact) mass is 209 g/mol. The number of ether oxygens (including phenoxy) is 2. The van der Waals surface area contributed by atoms with Crippen LogP contribution in [0, 0.1) is 0 Å². The van der Waals surface area contributed by atoms with Crippen molar-refractivity contribution >= 4 is 11.9 Å². The van der Waals surface area contributed by atoms with E-state index < -0.39 is 5.97 Å². The van der Waals surface area contributed by atoms with E-state index >= 15 is 0 Å². The first-order valence-corrected chi connectivity index (χ1v) is 4.17. The SMILES string of the molecule is COC(=O)c1ccc(C(=NO)OC)cc1. The van der Waals surface area contributed by atoms with Crippen molar-refractivity contribution in [3.63, 3.8) is 0 Å². The molecule has 0 bridgehead atoms. The molecule has 0 saturated heterocycles. The van der Waals surface area contributed by atoms with Gasteiger partial charge in [-0.3, -0.25) is 0 Å². The number of hydrogen-bond acceptors (Lipinski definition) is 5. The molecular weight excluding hydrogens is 198 g/mol. The second kappa shape index (κ2) is 4.99. The number of benzene rings is 1. The minimum atomic E-state index is -0.415. The summed E-state index contributed by atoms with van der Waals surface area (Å²) < 4.78 is 9.34. The van der Waals surface area contributed by atoms with Gasteiger partial charge >= 0.3 is 5.97 Å². The minimum absolute atomic E-state index is 0.0893. The van der Waals surface area contributed by atoms with Crippen molar-refractivity contribution in [2.24, 2.45) is 5.16 Å². The molecule has 1 N–H and O–H groups in total. The number of rotatable bonds is 2. The van der Waals surface area contributed by atoms with Crippen LogP contribution in [-0.2, 0) is 9.47 Å². The molecule has 1 aromatic rings. The molecule has 0 unspecified atom stereocenters. The van der Waals surface area contributed by atoms with Crippen molar-refractivity contribution in [3.8, 4) is 0 Å². The predicted molar refractivity (Wildman–Crippen MR) is 53.1 cm³/mol. The van der Waals surface area contributed by atoms with Crippen molar-refractivity contribution < 1.29 is 19.5 Å². The highest BCUT2D eigenvalue weighted by molar-refractivity contribution is 5.95. The molecule has 0 atom stereocenters. The highest BCUT2D eigenvalue weighted by atomic mass is 16.5. The van der Waals surface area contributed by atoms with E-state index in [9.17, 15) is 4.79 Å². The van der Waals surface area contributed by atoms with E-state index in [2.05, 4.69) is 9.89 Å². The van der Waals surface area contributed by atoms with Crippen LogP contribution in [0.3, 0.4) is 0 Å². The molecule has 0 spiro atoms. The number of methoxy groups -OCH3 is 2. The van der Waals surface area contributed by atoms with E-state index in [-0.39, 0.29) is 5.90 Å². The first-order chi connectivity index (χ1) is 7.22. The lowest BCUT2D eigenvalue weighted by Crippen LogP contribution is -2.05. The van der Waals surface area contributed by atoms with E-state index in [1.165, 1.54) is 14.2 Å². The topological polar surface area (TPSA) is 68.1 Å². The maximum Gasteiger partial charge on any atom is 0.337 e. The lowest BCUT2D eigenvalue weighted by Gasteiger charge is -2.03. The van der Waals surface area contributed by atoms with Crippen molar-refractivity contribution in [1.29, 1.82) is 0 Å². The summed E-state index contributed by atoms with van der Waals surface area (Å²) in [6, 6.07) is 6.33. The smallest absolute Gasteiger partial charge is 0.337 e. The first kappa shape index (κ1) is 11.0. The van der Waals surface area contributed by atoms with Crippen molar-refractivity contribution in [2.75, 3.05) is 14.2 Å². The Balaban J connectivity index is 2.94. The number of carbonyl (C=O) groups is 1. The Labute approximate surface area is 86.9 Å². The van der Waals surface area contributed by atoms with Crippen LogP contribution in [0.15, 0.2) is 29.4 Å². The molecule has 5 heteroatoms. The molecule has 15 heavy (non-hydrogen) atoms. The Morgan fingerprint density at radius 1 is 1.13 bits per heavy atom. The zero-order chi connectivity index (χ0) is 11.3. The van der Waals surface area contributed by atoms with Crippen LogP contribution in [-0.4, -0.2) is 31.3 Å². The number of esters is 1. The van der Waals surface area contributed by atoms with Gasteiger partial charge in [0.25, 0.3) is 5.90 Å². The van der Waals surface area contributed by atoms with E-state index in [4.69, 9.17) is 9.94 Å². The van der Waals surface area contributed by atoms with Gasteiger partial charge in [0.2, 0.25) is 0 Å². The van der Waals surface area contributed by atoms with Gasteiger partial charge in [-0.25, -0.2) is 4.79 Å². The molecule has 0 amide bonds. The summed E-state index contributed by atoms with van der Waals surface area (Å²) in [5.74, 6) is -0.326. The molecule has 5 nitrogen and oxygen atoms in total. The van der Waals surface area contributed by atoms with Crippen molar-refractivity contribution in [3.05, 3.63) is 35.4 Å². The van der Waals surface area contributed by atoms with Gasteiger partial charge in [-0.1, -0.05) is 0 Å². The third-order valence-corrected chi connectivity index (χ3v) is 1.84. The average molecular weight is 209 g/mol. The van der Waals surface area contributed by atoms with Gasteiger partial charge in [-0.05, 0) is 29.4 Å². The standard InChI is InChI=1S/C10H11NO4/c1-14-9(11-13)7-3-5-8(6-4-7)10(12)15-2/h3-6,13H,1-2H3. The third-order valence-electron chi connectivity index (χ3n) is 1.84. The van der Waals surface area contributed by atoms with Gasteiger partial charge < -0.3 is 14.7 Å². The van der Waals surface area contributed by atoms with Gasteiger partial charge in [0, 0.05) is 5.56 Å². The van der Waals surface area contributed by atoms with E-state index in [1.807, 2.05) is 0 Å². The van der Waals surface area contributed by atoms with Crippen LogP contribution in [0.25, 0.3) is 0 Å². The lowest BCUT2D eigenvalue weighted by atomic mass is 10.1. The summed E-state index contributed by atoms with van der Waals surface area (Å²) in [4.78, 5) is 11.1. The Morgan fingerprint density at radius 3 is 2.07 bits per heavy atom. The van der Waals surface area contributed by atoms with Crippen LogP contribution < -0.4 is 0 Å². The van der Waals surface area contributed by atoms with Crippen LogP contribution >= 0.6 is 0 Å². The second-order valence-corrected chi connectivity index (χ2v) is 2.68. The second-order valence-electron chi connectivity index (χ2n) is 2.68. The molecule has 0 radical (unpaired) electrons. The highest BCUT2D eigenvalue weighted by Gasteiger charge is 2.07. The van der Waals surface area contributed by atoms with Crippen molar-refractivity contribution in [1.82, 2.24) is 0 Å². The van der Waals surface area contributed by atoms with Gasteiger partial charge in [-0.2, -0.15) is 0 Å². The lowest BCUT2D eigenvalue weighted by molar-refractivity contribution is 0.0600. The summed E-state index contributed by atoms with van der Waals surface area (Å²) in [7, 11) is 2.70. The summed E-state index contributed by atoms with van der Waals surface area (Å²) >= 11 is 0. The highest BCUT2D eigenvalue weighted by Crippen LogP contribution is 2.07. The molecule has 0 aliphatic carbocycles. The van der Waals surface area contributed by atoms with Crippen LogP contribution in [0.4, 0.5) is 0 Å². The van der Waals surface area contributed by atoms with Gasteiger partial charge in [0.15, 0.2) is 0 Å². The summed E-state index contributed by atoms with van der Waals surface area (Å²) in [5.41, 5.74) is 1.00. The van der Waals surface area contributed by atoms with Crippen LogP contribution in [0.1, 0.15) is 15.9 Å². The fourth-order valence-corrected chi connectivity index (χ4v) is 1.08. The van der Waals surface area contributed by atoms with Gasteiger partial charge in [0.1, 0.15) is 0 Å². The fourth-order valence-electron chi connectivity index (χ4n) is 1.08. The zero-order valence-corrected chi connectivity index (χ0v) is 8.43. The third kappa shape index (κ3) is 2.46. The zero-order valence-electron chi connectivity index (χ0n) is 8.43. The molecule has 0 heterocycles. The predicted octanol–water partition coefficient (Wildman–Crippen LogP) is 1.26. The number of nitrogens with zero attached hydrogens (tertiary/aromatic N) is 1. The Bertz CT molecular complexity index is 370. The quantitative estimate of drug-likeness (QED) is 0.262. The number of carbonyl (C=O) groups excluding carboxylic acids is 1. The largest absolute Gasteiger partial charge is 0.479 e. The van der Waals surface area contributed by atoms with Crippen LogP contribution in [0.2, 0.25) is 0 Å². The molecule has 0 aliphatic heterocycles. The van der Waals surface area contributed by atoms with E-state index in [0.717, 1.165) is 0 Å². The molecular formula is C10H11NO4. The number of hydrogen-bond donors (Lipinski definition) is 1. The molecule has 80 valence electrons. The maximum absolute atomic E-state index is 11.1. The Kier molecular flexibility index (Phi) is 3.68. The number of oxime groups is 1. The minimum Gasteiger partial charge on any atom is -0.479 e.